The first kappa shape index (κ1) is 21.3. The lowest BCUT2D eigenvalue weighted by atomic mass is 10.1. The van der Waals surface area contributed by atoms with Crippen molar-refractivity contribution < 1.29 is 14.4 Å². The zero-order chi connectivity index (χ0) is 21.0. The van der Waals surface area contributed by atoms with Gasteiger partial charge < -0.3 is 10.5 Å². The Balaban J connectivity index is 1.87. The van der Waals surface area contributed by atoms with E-state index in [0.29, 0.717) is 17.1 Å². The molecule has 3 aromatic rings. The number of nitrogens with two attached hydrogens (primary N) is 1. The minimum Gasteiger partial charge on any atom is -0.443 e. The van der Waals surface area contributed by atoms with E-state index in [1.54, 1.807) is 18.3 Å². The van der Waals surface area contributed by atoms with Gasteiger partial charge in [-0.1, -0.05) is 48.0 Å². The van der Waals surface area contributed by atoms with Crippen molar-refractivity contribution >= 4 is 28.6 Å². The van der Waals surface area contributed by atoms with E-state index in [-0.39, 0.29) is 12.6 Å². The monoisotopic (exact) mass is 415 g/mol. The van der Waals surface area contributed by atoms with Gasteiger partial charge in [0, 0.05) is 23.2 Å². The van der Waals surface area contributed by atoms with Crippen LogP contribution in [0.2, 0.25) is 5.02 Å². The Kier molecular flexibility index (Phi) is 6.59. The molecule has 0 radical (unpaired) electrons. The number of fused-ring (bicyclic) bond motifs is 1. The third-order valence-corrected chi connectivity index (χ3v) is 4.54. The van der Waals surface area contributed by atoms with Crippen LogP contribution in [-0.2, 0) is 16.2 Å². The van der Waals surface area contributed by atoms with Gasteiger partial charge in [0.25, 0.3) is 0 Å². The van der Waals surface area contributed by atoms with Gasteiger partial charge in [0.1, 0.15) is 5.60 Å². The van der Waals surface area contributed by atoms with E-state index in [2.05, 4.69) is 5.48 Å². The van der Waals surface area contributed by atoms with Crippen LogP contribution in [0.25, 0.3) is 10.9 Å². The molecule has 0 aliphatic carbocycles. The van der Waals surface area contributed by atoms with Crippen molar-refractivity contribution in [2.24, 2.45) is 5.73 Å². The number of rotatable bonds is 6. The number of carbonyl (C=O) groups excluding carboxylic acids is 1. The largest absolute Gasteiger partial charge is 0.443 e. The van der Waals surface area contributed by atoms with Gasteiger partial charge in [0.15, 0.2) is 0 Å². The number of ether oxygens (including phenoxy) is 1. The van der Waals surface area contributed by atoms with Gasteiger partial charge in [0.05, 0.1) is 18.2 Å². The summed E-state index contributed by atoms with van der Waals surface area (Å²) in [4.78, 5) is 18.4. The molecule has 0 spiro atoms. The Bertz CT molecular complexity index is 980. The van der Waals surface area contributed by atoms with Crippen molar-refractivity contribution in [3.05, 3.63) is 70.9 Å². The fourth-order valence-corrected chi connectivity index (χ4v) is 3.17. The van der Waals surface area contributed by atoms with Crippen LogP contribution in [-0.4, -0.2) is 22.8 Å². The molecule has 0 aliphatic rings. The first-order chi connectivity index (χ1) is 13.8. The number of carbonyl (C=O) groups is 1. The molecule has 1 atom stereocenters. The minimum absolute atomic E-state index is 0.283. The van der Waals surface area contributed by atoms with Gasteiger partial charge in [-0.15, -0.1) is 0 Å². The smallest absolute Gasteiger partial charge is 0.419 e. The van der Waals surface area contributed by atoms with Crippen molar-refractivity contribution in [2.45, 2.75) is 39.0 Å². The first-order valence-electron chi connectivity index (χ1n) is 9.43. The van der Waals surface area contributed by atoms with Crippen LogP contribution in [0.1, 0.15) is 37.9 Å². The highest BCUT2D eigenvalue weighted by Crippen LogP contribution is 2.29. The number of aromatic nitrogens is 1. The quantitative estimate of drug-likeness (QED) is 0.565. The summed E-state index contributed by atoms with van der Waals surface area (Å²) in [5.41, 5.74) is 10.9. The van der Waals surface area contributed by atoms with E-state index in [1.807, 2.05) is 57.2 Å². The van der Waals surface area contributed by atoms with Crippen LogP contribution in [0.5, 0.6) is 0 Å². The molecule has 0 fully saturated rings. The highest BCUT2D eigenvalue weighted by molar-refractivity contribution is 6.31. The maximum absolute atomic E-state index is 12.7. The molecule has 29 heavy (non-hydrogen) atoms. The zero-order valence-electron chi connectivity index (χ0n) is 16.8. The van der Waals surface area contributed by atoms with Gasteiger partial charge in [-0.05, 0) is 44.0 Å². The summed E-state index contributed by atoms with van der Waals surface area (Å²) in [7, 11) is 0. The normalized spacial score (nSPS) is 12.9. The molecular weight excluding hydrogens is 390 g/mol. The second kappa shape index (κ2) is 8.97. The summed E-state index contributed by atoms with van der Waals surface area (Å²) in [5, 5.41) is 1.39. The van der Waals surface area contributed by atoms with Crippen LogP contribution in [0.4, 0.5) is 4.79 Å². The molecule has 1 unspecified atom stereocenters. The highest BCUT2D eigenvalue weighted by Gasteiger charge is 2.23. The number of nitrogens with one attached hydrogen (secondary N) is 1. The molecule has 0 aliphatic heterocycles. The number of benzene rings is 2. The standard InChI is InChI=1S/C22H26ClN3O3/c1-22(2,3)29-21(27)26-13-18(17-10-9-16(23)11-20(17)26)19(12-24)25-28-14-15-7-5-4-6-8-15/h4-11,13,19,25H,12,14,24H2,1-3H3. The number of hydrogen-bond acceptors (Lipinski definition) is 5. The molecule has 0 saturated heterocycles. The summed E-state index contributed by atoms with van der Waals surface area (Å²) < 4.78 is 7.00. The fourth-order valence-electron chi connectivity index (χ4n) is 3.00. The lowest BCUT2D eigenvalue weighted by Crippen LogP contribution is -2.28. The van der Waals surface area contributed by atoms with Crippen molar-refractivity contribution in [2.75, 3.05) is 6.54 Å². The van der Waals surface area contributed by atoms with Crippen molar-refractivity contribution in [1.29, 1.82) is 0 Å². The average Bonchev–Trinajstić information content (AvgIpc) is 3.03. The Hall–Kier alpha value is -2.38. The molecule has 6 nitrogen and oxygen atoms in total. The summed E-state index contributed by atoms with van der Waals surface area (Å²) in [6.07, 6.45) is 1.25. The van der Waals surface area contributed by atoms with Crippen LogP contribution >= 0.6 is 11.6 Å². The SMILES string of the molecule is CC(C)(C)OC(=O)n1cc(C(CN)NOCc2ccccc2)c2ccc(Cl)cc21. The van der Waals surface area contributed by atoms with E-state index >= 15 is 0 Å². The first-order valence-corrected chi connectivity index (χ1v) is 9.81. The zero-order valence-corrected chi connectivity index (χ0v) is 17.6. The Labute approximate surface area is 175 Å². The highest BCUT2D eigenvalue weighted by atomic mass is 35.5. The van der Waals surface area contributed by atoms with Gasteiger partial charge in [-0.2, -0.15) is 5.48 Å². The second-order valence-corrected chi connectivity index (χ2v) is 8.21. The van der Waals surface area contributed by atoms with Gasteiger partial charge >= 0.3 is 6.09 Å². The van der Waals surface area contributed by atoms with E-state index in [9.17, 15) is 4.79 Å². The molecule has 3 rings (SSSR count). The molecule has 0 saturated carbocycles. The molecular formula is C22H26ClN3O3. The maximum Gasteiger partial charge on any atom is 0.419 e. The van der Waals surface area contributed by atoms with E-state index < -0.39 is 11.7 Å². The Morgan fingerprint density at radius 1 is 1.21 bits per heavy atom. The van der Waals surface area contributed by atoms with Gasteiger partial charge in [0.2, 0.25) is 0 Å². The molecule has 154 valence electrons. The van der Waals surface area contributed by atoms with E-state index in [4.69, 9.17) is 26.9 Å². The lowest BCUT2D eigenvalue weighted by molar-refractivity contribution is 0.00509. The molecule has 7 heteroatoms. The summed E-state index contributed by atoms with van der Waals surface area (Å²) >= 11 is 6.17. The molecule has 1 heterocycles. The molecule has 0 bridgehead atoms. The molecule has 0 amide bonds. The Morgan fingerprint density at radius 2 is 1.93 bits per heavy atom. The van der Waals surface area contributed by atoms with Crippen LogP contribution in [0.3, 0.4) is 0 Å². The molecule has 2 aromatic carbocycles. The van der Waals surface area contributed by atoms with Crippen molar-refractivity contribution in [1.82, 2.24) is 10.0 Å². The van der Waals surface area contributed by atoms with Crippen LogP contribution in [0, 0.1) is 0 Å². The minimum atomic E-state index is -0.614. The van der Waals surface area contributed by atoms with Gasteiger partial charge in [-0.3, -0.25) is 9.40 Å². The number of hydrogen-bond donors (Lipinski definition) is 2. The van der Waals surface area contributed by atoms with E-state index in [0.717, 1.165) is 16.5 Å². The van der Waals surface area contributed by atoms with Crippen molar-refractivity contribution in [3.8, 4) is 0 Å². The lowest BCUT2D eigenvalue weighted by Gasteiger charge is -2.20. The summed E-state index contributed by atoms with van der Waals surface area (Å²) in [6.45, 7) is 6.16. The van der Waals surface area contributed by atoms with Crippen LogP contribution < -0.4 is 11.2 Å². The predicted octanol–water partition coefficient (Wildman–Crippen LogP) is 4.80. The van der Waals surface area contributed by atoms with Crippen molar-refractivity contribution in [3.63, 3.8) is 0 Å². The maximum atomic E-state index is 12.7. The predicted molar refractivity (Wildman–Crippen MR) is 115 cm³/mol. The fraction of sp³-hybridized carbons (Fsp3) is 0.318. The third kappa shape index (κ3) is 5.36. The summed E-state index contributed by atoms with van der Waals surface area (Å²) in [5.74, 6) is 0. The summed E-state index contributed by atoms with van der Waals surface area (Å²) in [6, 6.07) is 14.9. The Morgan fingerprint density at radius 3 is 2.59 bits per heavy atom. The number of hydroxylamine groups is 1. The van der Waals surface area contributed by atoms with E-state index in [1.165, 1.54) is 4.57 Å². The number of nitrogens with zero attached hydrogens (tertiary/aromatic N) is 1. The number of halogens is 1. The molecule has 3 N–H and O–H groups in total. The average molecular weight is 416 g/mol. The third-order valence-electron chi connectivity index (χ3n) is 4.31. The second-order valence-electron chi connectivity index (χ2n) is 7.78. The molecule has 1 aromatic heterocycles. The topological polar surface area (TPSA) is 78.5 Å². The van der Waals surface area contributed by atoms with Gasteiger partial charge in [-0.25, -0.2) is 4.79 Å². The van der Waals surface area contributed by atoms with Crippen LogP contribution in [0.15, 0.2) is 54.7 Å².